The molecule has 174 valence electrons. The van der Waals surface area contributed by atoms with Gasteiger partial charge in [-0.15, -0.1) is 0 Å². The Hall–Kier alpha value is -3.18. The number of nitrogens with zero attached hydrogens (tertiary/aromatic N) is 2. The normalized spacial score (nSPS) is 13.5. The second-order valence-electron chi connectivity index (χ2n) is 7.42. The molecule has 11 heteroatoms. The molecule has 2 aromatic carbocycles. The molecule has 0 bridgehead atoms. The van der Waals surface area contributed by atoms with Crippen molar-refractivity contribution in [3.8, 4) is 11.5 Å². The van der Waals surface area contributed by atoms with Gasteiger partial charge >= 0.3 is 5.97 Å². The number of thiazole rings is 1. The van der Waals surface area contributed by atoms with Crippen molar-refractivity contribution in [1.29, 1.82) is 0 Å². The average Bonchev–Trinajstić information content (AvgIpc) is 3.38. The number of hydrogen-bond donors (Lipinski definition) is 0. The quantitative estimate of drug-likeness (QED) is 0.468. The summed E-state index contributed by atoms with van der Waals surface area (Å²) in [5.74, 6) is -0.158. The first-order chi connectivity index (χ1) is 15.8. The van der Waals surface area contributed by atoms with E-state index in [9.17, 15) is 18.0 Å². The number of benzene rings is 2. The molecule has 0 saturated heterocycles. The van der Waals surface area contributed by atoms with E-state index in [2.05, 4.69) is 4.99 Å². The van der Waals surface area contributed by atoms with Gasteiger partial charge in [-0.1, -0.05) is 29.0 Å². The molecule has 0 N–H and O–H groups in total. The Morgan fingerprint density at radius 1 is 1.12 bits per heavy atom. The molecule has 1 amide bonds. The lowest BCUT2D eigenvalue weighted by Crippen LogP contribution is -2.20. The third-order valence-electron chi connectivity index (χ3n) is 5.13. The first-order valence-corrected chi connectivity index (χ1v) is 12.6. The Morgan fingerprint density at radius 2 is 1.82 bits per heavy atom. The SMILES string of the molecule is COC(=O)CCn1c(=NC(=O)CCS(=O)(=O)c2ccc(C)cc2)sc2cc3c(cc21)OCO3. The minimum absolute atomic E-state index is 0.0833. The Morgan fingerprint density at radius 3 is 2.52 bits per heavy atom. The van der Waals surface area contributed by atoms with E-state index < -0.39 is 21.7 Å². The molecule has 0 atom stereocenters. The molecule has 4 rings (SSSR count). The minimum atomic E-state index is -3.61. The zero-order valence-electron chi connectivity index (χ0n) is 18.1. The van der Waals surface area contributed by atoms with Crippen LogP contribution in [0.15, 0.2) is 46.3 Å². The summed E-state index contributed by atoms with van der Waals surface area (Å²) in [5.41, 5.74) is 1.68. The van der Waals surface area contributed by atoms with E-state index in [4.69, 9.17) is 14.2 Å². The topological polar surface area (TPSA) is 113 Å². The fourth-order valence-electron chi connectivity index (χ4n) is 3.31. The van der Waals surface area contributed by atoms with Crippen molar-refractivity contribution in [3.05, 3.63) is 46.8 Å². The fraction of sp³-hybridized carbons (Fsp3) is 0.318. The predicted molar refractivity (Wildman–Crippen MR) is 121 cm³/mol. The Kier molecular flexibility index (Phi) is 6.52. The molecule has 1 aliphatic heterocycles. The molecular weight excluding hydrogens is 468 g/mol. The molecule has 0 aliphatic carbocycles. The van der Waals surface area contributed by atoms with Gasteiger partial charge < -0.3 is 18.8 Å². The maximum absolute atomic E-state index is 12.6. The lowest BCUT2D eigenvalue weighted by atomic mass is 10.2. The summed E-state index contributed by atoms with van der Waals surface area (Å²) in [6.45, 7) is 2.23. The van der Waals surface area contributed by atoms with Crippen LogP contribution < -0.4 is 14.3 Å². The first kappa shape index (κ1) is 23.0. The number of aromatic nitrogens is 1. The van der Waals surface area contributed by atoms with Crippen LogP contribution >= 0.6 is 11.3 Å². The van der Waals surface area contributed by atoms with Crippen LogP contribution in [0.5, 0.6) is 11.5 Å². The smallest absolute Gasteiger partial charge is 0.307 e. The second-order valence-corrected chi connectivity index (χ2v) is 10.5. The summed E-state index contributed by atoms with van der Waals surface area (Å²) in [5, 5.41) is 0. The first-order valence-electron chi connectivity index (χ1n) is 10.1. The molecule has 0 spiro atoms. The van der Waals surface area contributed by atoms with Crippen molar-refractivity contribution in [2.24, 2.45) is 4.99 Å². The fourth-order valence-corrected chi connectivity index (χ4v) is 5.63. The molecule has 9 nitrogen and oxygen atoms in total. The number of carbonyl (C=O) groups is 2. The maximum atomic E-state index is 12.6. The molecule has 0 fully saturated rings. The van der Waals surface area contributed by atoms with E-state index in [0.29, 0.717) is 16.3 Å². The van der Waals surface area contributed by atoms with Gasteiger partial charge in [-0.25, -0.2) is 8.42 Å². The maximum Gasteiger partial charge on any atom is 0.307 e. The highest BCUT2D eigenvalue weighted by Gasteiger charge is 2.20. The highest BCUT2D eigenvalue weighted by atomic mass is 32.2. The zero-order chi connectivity index (χ0) is 23.6. The molecule has 3 aromatic rings. The van der Waals surface area contributed by atoms with Crippen molar-refractivity contribution >= 4 is 43.3 Å². The van der Waals surface area contributed by atoms with Crippen LogP contribution in [0, 0.1) is 6.92 Å². The van der Waals surface area contributed by atoms with Gasteiger partial charge in [0.15, 0.2) is 26.1 Å². The number of methoxy groups -OCH3 is 1. The number of esters is 1. The molecule has 2 heterocycles. The predicted octanol–water partition coefficient (Wildman–Crippen LogP) is 2.59. The van der Waals surface area contributed by atoms with E-state index in [1.54, 1.807) is 28.8 Å². The van der Waals surface area contributed by atoms with Crippen LogP contribution in [0.2, 0.25) is 0 Å². The van der Waals surface area contributed by atoms with Crippen LogP contribution in [0.3, 0.4) is 0 Å². The summed E-state index contributed by atoms with van der Waals surface area (Å²) < 4.78 is 43.2. The van der Waals surface area contributed by atoms with Gasteiger partial charge in [0.1, 0.15) is 0 Å². The highest BCUT2D eigenvalue weighted by Crippen LogP contribution is 2.37. The Balaban J connectivity index is 1.61. The number of amides is 1. The van der Waals surface area contributed by atoms with E-state index in [-0.39, 0.29) is 36.8 Å². The summed E-state index contributed by atoms with van der Waals surface area (Å²) in [6.07, 6.45) is -0.176. The van der Waals surface area contributed by atoms with E-state index in [1.165, 1.54) is 30.6 Å². The monoisotopic (exact) mass is 490 g/mol. The van der Waals surface area contributed by atoms with Gasteiger partial charge in [0.25, 0.3) is 0 Å². The molecule has 0 saturated carbocycles. The summed E-state index contributed by atoms with van der Waals surface area (Å²) >= 11 is 1.25. The summed E-state index contributed by atoms with van der Waals surface area (Å²) in [4.78, 5) is 29.0. The molecule has 0 radical (unpaired) electrons. The van der Waals surface area contributed by atoms with Crippen LogP contribution in [-0.4, -0.2) is 44.5 Å². The van der Waals surface area contributed by atoms with Crippen molar-refractivity contribution in [1.82, 2.24) is 4.57 Å². The van der Waals surface area contributed by atoms with Gasteiger partial charge in [0, 0.05) is 25.1 Å². The van der Waals surface area contributed by atoms with Crippen LogP contribution in [0.25, 0.3) is 10.2 Å². The lowest BCUT2D eigenvalue weighted by Gasteiger charge is -2.05. The number of hydrogen-bond acceptors (Lipinski definition) is 8. The number of aryl methyl sites for hydroxylation is 2. The van der Waals surface area contributed by atoms with Gasteiger partial charge in [-0.2, -0.15) is 4.99 Å². The lowest BCUT2D eigenvalue weighted by molar-refractivity contribution is -0.140. The molecule has 33 heavy (non-hydrogen) atoms. The van der Waals surface area contributed by atoms with Gasteiger partial charge in [0.2, 0.25) is 12.7 Å². The number of sulfone groups is 1. The molecule has 1 aliphatic rings. The van der Waals surface area contributed by atoms with Gasteiger partial charge in [-0.3, -0.25) is 9.59 Å². The number of fused-ring (bicyclic) bond motifs is 2. The standard InChI is InChI=1S/C22H22N2O7S2/c1-14-3-5-15(6-4-14)33(27,28)10-8-20(25)23-22-24(9-7-21(26)29-2)16-11-17-18(31-13-30-17)12-19(16)32-22/h3-6,11-12H,7-10,13H2,1-2H3. The molecular formula is C22H22N2O7S2. The largest absolute Gasteiger partial charge is 0.469 e. The van der Waals surface area contributed by atoms with Crippen LogP contribution in [0.4, 0.5) is 0 Å². The van der Waals surface area contributed by atoms with Crippen molar-refractivity contribution in [3.63, 3.8) is 0 Å². The van der Waals surface area contributed by atoms with Crippen molar-refractivity contribution < 1.29 is 32.2 Å². The van der Waals surface area contributed by atoms with Crippen molar-refractivity contribution in [2.45, 2.75) is 31.2 Å². The minimum Gasteiger partial charge on any atom is -0.469 e. The van der Waals surface area contributed by atoms with Gasteiger partial charge in [-0.05, 0) is 19.1 Å². The second kappa shape index (κ2) is 9.36. The average molecular weight is 491 g/mol. The number of rotatable bonds is 7. The Bertz CT molecular complexity index is 1390. The Labute approximate surface area is 194 Å². The van der Waals surface area contributed by atoms with Crippen LogP contribution in [-0.2, 0) is 30.7 Å². The molecule has 1 aromatic heterocycles. The van der Waals surface area contributed by atoms with E-state index in [0.717, 1.165) is 15.8 Å². The zero-order valence-corrected chi connectivity index (χ0v) is 19.7. The highest BCUT2D eigenvalue weighted by molar-refractivity contribution is 7.91. The van der Waals surface area contributed by atoms with E-state index in [1.807, 2.05) is 6.92 Å². The number of ether oxygens (including phenoxy) is 3. The summed E-state index contributed by atoms with van der Waals surface area (Å²) in [6, 6.07) is 10.1. The summed E-state index contributed by atoms with van der Waals surface area (Å²) in [7, 11) is -2.30. The van der Waals surface area contributed by atoms with E-state index >= 15 is 0 Å². The third kappa shape index (κ3) is 5.09. The van der Waals surface area contributed by atoms with Crippen molar-refractivity contribution in [2.75, 3.05) is 19.7 Å². The van der Waals surface area contributed by atoms with Gasteiger partial charge in [0.05, 0.1) is 34.4 Å². The number of carbonyl (C=O) groups excluding carboxylic acids is 2. The van der Waals surface area contributed by atoms with Crippen LogP contribution in [0.1, 0.15) is 18.4 Å². The molecule has 0 unspecified atom stereocenters. The third-order valence-corrected chi connectivity index (χ3v) is 7.90.